The van der Waals surface area contributed by atoms with E-state index in [-0.39, 0.29) is 0 Å². The van der Waals surface area contributed by atoms with Crippen LogP contribution in [-0.4, -0.2) is 28.4 Å². The summed E-state index contributed by atoms with van der Waals surface area (Å²) in [5, 5.41) is 10.3. The molecular formula is C14H23BN2O3. The molecule has 5 nitrogen and oxygen atoms in total. The fourth-order valence-electron chi connectivity index (χ4n) is 2.16. The van der Waals surface area contributed by atoms with Gasteiger partial charge in [-0.25, -0.2) is 4.98 Å². The predicted molar refractivity (Wildman–Crippen MR) is 79.6 cm³/mol. The molecule has 20 heavy (non-hydrogen) atoms. The van der Waals surface area contributed by atoms with Gasteiger partial charge in [-0.15, -0.1) is 0 Å². The zero-order valence-electron chi connectivity index (χ0n) is 13.0. The van der Waals surface area contributed by atoms with E-state index in [1.165, 1.54) is 0 Å². The Balaban J connectivity index is 2.47. The maximum Gasteiger partial charge on any atom is 0.495 e. The Kier molecular flexibility index (Phi) is 3.40. The molecule has 0 saturated carbocycles. The van der Waals surface area contributed by atoms with Crippen molar-refractivity contribution in [2.45, 2.75) is 58.3 Å². The van der Waals surface area contributed by atoms with Crippen molar-refractivity contribution in [2.24, 2.45) is 0 Å². The van der Waals surface area contributed by atoms with Gasteiger partial charge in [0.05, 0.1) is 16.8 Å². The Labute approximate surface area is 120 Å². The second-order valence-corrected chi connectivity index (χ2v) is 6.84. The molecule has 0 amide bonds. The number of aliphatic hydroxyl groups is 1. The Bertz CT molecular complexity index is 508. The fraction of sp³-hybridized carbons (Fsp3) is 0.643. The van der Waals surface area contributed by atoms with Crippen LogP contribution < -0.4 is 11.2 Å². The lowest BCUT2D eigenvalue weighted by atomic mass is 9.73. The van der Waals surface area contributed by atoms with E-state index in [1.54, 1.807) is 26.1 Å². The van der Waals surface area contributed by atoms with Crippen LogP contribution in [-0.2, 0) is 14.9 Å². The lowest BCUT2D eigenvalue weighted by Crippen LogP contribution is -2.41. The van der Waals surface area contributed by atoms with Crippen molar-refractivity contribution < 1.29 is 14.4 Å². The van der Waals surface area contributed by atoms with Crippen molar-refractivity contribution in [3.05, 3.63) is 17.8 Å². The quantitative estimate of drug-likeness (QED) is 0.794. The van der Waals surface area contributed by atoms with Gasteiger partial charge < -0.3 is 20.1 Å². The summed E-state index contributed by atoms with van der Waals surface area (Å²) in [4.78, 5) is 4.06. The molecule has 0 unspecified atom stereocenters. The van der Waals surface area contributed by atoms with Crippen LogP contribution in [0.15, 0.2) is 12.3 Å². The van der Waals surface area contributed by atoms with Gasteiger partial charge in [0.15, 0.2) is 0 Å². The first-order valence-electron chi connectivity index (χ1n) is 6.78. The monoisotopic (exact) mass is 278 g/mol. The molecule has 1 saturated heterocycles. The summed E-state index contributed by atoms with van der Waals surface area (Å²) in [7, 11) is -0.563. The van der Waals surface area contributed by atoms with Crippen molar-refractivity contribution >= 4 is 18.4 Å². The molecule has 1 aliphatic heterocycles. The summed E-state index contributed by atoms with van der Waals surface area (Å²) >= 11 is 0. The fourth-order valence-corrected chi connectivity index (χ4v) is 2.16. The molecule has 0 atom stereocenters. The lowest BCUT2D eigenvalue weighted by molar-refractivity contribution is 0.00578. The van der Waals surface area contributed by atoms with Crippen molar-refractivity contribution in [3.63, 3.8) is 0 Å². The van der Waals surface area contributed by atoms with E-state index in [2.05, 4.69) is 4.98 Å². The number of pyridine rings is 1. The zero-order chi connectivity index (χ0) is 15.3. The first-order chi connectivity index (χ1) is 8.94. The van der Waals surface area contributed by atoms with E-state index in [1.807, 2.05) is 27.7 Å². The van der Waals surface area contributed by atoms with Gasteiger partial charge >= 0.3 is 7.12 Å². The van der Waals surface area contributed by atoms with Crippen LogP contribution in [0.3, 0.4) is 0 Å². The van der Waals surface area contributed by atoms with Crippen LogP contribution in [0.25, 0.3) is 0 Å². The molecule has 6 heteroatoms. The summed E-state index contributed by atoms with van der Waals surface area (Å²) < 4.78 is 12.0. The van der Waals surface area contributed by atoms with E-state index in [0.717, 1.165) is 5.46 Å². The average Bonchev–Trinajstić information content (AvgIpc) is 2.46. The van der Waals surface area contributed by atoms with E-state index >= 15 is 0 Å². The first kappa shape index (κ1) is 15.3. The van der Waals surface area contributed by atoms with E-state index in [9.17, 15) is 5.11 Å². The molecule has 0 bridgehead atoms. The molecule has 0 radical (unpaired) electrons. The number of hydrogen-bond donors (Lipinski definition) is 2. The number of nitrogens with two attached hydrogens (primary N) is 1. The van der Waals surface area contributed by atoms with Gasteiger partial charge in [-0.3, -0.25) is 0 Å². The number of nitrogens with zero attached hydrogens (tertiary/aromatic N) is 1. The van der Waals surface area contributed by atoms with Gasteiger partial charge in [0, 0.05) is 11.8 Å². The lowest BCUT2D eigenvalue weighted by Gasteiger charge is -2.32. The normalized spacial score (nSPS) is 21.2. The molecule has 0 aliphatic carbocycles. The molecular weight excluding hydrogens is 255 g/mol. The highest BCUT2D eigenvalue weighted by Crippen LogP contribution is 2.37. The van der Waals surface area contributed by atoms with Crippen molar-refractivity contribution in [1.82, 2.24) is 4.98 Å². The van der Waals surface area contributed by atoms with Gasteiger partial charge in [0.1, 0.15) is 5.82 Å². The van der Waals surface area contributed by atoms with Crippen LogP contribution in [0.1, 0.15) is 47.1 Å². The third kappa shape index (κ3) is 2.55. The third-order valence-corrected chi connectivity index (χ3v) is 4.12. The Hall–Kier alpha value is -1.11. The molecule has 3 N–H and O–H groups in total. The molecule has 1 aromatic rings. The Morgan fingerprint density at radius 1 is 1.20 bits per heavy atom. The smallest absolute Gasteiger partial charge is 0.399 e. The van der Waals surface area contributed by atoms with Crippen molar-refractivity contribution in [1.29, 1.82) is 0 Å². The minimum absolute atomic E-state index is 0.378. The molecule has 110 valence electrons. The average molecular weight is 278 g/mol. The highest BCUT2D eigenvalue weighted by atomic mass is 16.7. The summed E-state index contributed by atoms with van der Waals surface area (Å²) in [5.74, 6) is 0.378. The number of hydrogen-bond acceptors (Lipinski definition) is 5. The maximum atomic E-state index is 10.3. The largest absolute Gasteiger partial charge is 0.495 e. The Morgan fingerprint density at radius 3 is 2.15 bits per heavy atom. The van der Waals surface area contributed by atoms with Crippen LogP contribution in [0.2, 0.25) is 0 Å². The van der Waals surface area contributed by atoms with Crippen LogP contribution in [0, 0.1) is 0 Å². The summed E-state index contributed by atoms with van der Waals surface area (Å²) in [5.41, 5.74) is 5.24. The van der Waals surface area contributed by atoms with Crippen molar-refractivity contribution in [3.8, 4) is 0 Å². The second-order valence-electron chi connectivity index (χ2n) is 6.84. The van der Waals surface area contributed by atoms with Crippen LogP contribution >= 0.6 is 0 Å². The number of rotatable bonds is 2. The standard InChI is InChI=1S/C14H23BN2O3/c1-12(2,18)9-8-17-11(16)7-10(9)15-19-13(3,4)14(5,6)20-15/h7-8,18H,1-6H3,(H2,16,17). The molecule has 1 aromatic heterocycles. The van der Waals surface area contributed by atoms with Gasteiger partial charge in [0.2, 0.25) is 0 Å². The minimum Gasteiger partial charge on any atom is -0.399 e. The molecule has 2 rings (SSSR count). The molecule has 2 heterocycles. The van der Waals surface area contributed by atoms with Crippen LogP contribution in [0.5, 0.6) is 0 Å². The zero-order valence-corrected chi connectivity index (χ0v) is 13.0. The SMILES string of the molecule is CC(C)(O)c1cnc(N)cc1B1OC(C)(C)C(C)(C)O1. The van der Waals surface area contributed by atoms with Gasteiger partial charge in [0.25, 0.3) is 0 Å². The molecule has 0 spiro atoms. The molecule has 1 aliphatic rings. The predicted octanol–water partition coefficient (Wildman–Crippen LogP) is 1.19. The molecule has 1 fully saturated rings. The third-order valence-electron chi connectivity index (χ3n) is 4.12. The second kappa shape index (κ2) is 4.45. The minimum atomic E-state index is -1.04. The number of nitrogen functional groups attached to an aromatic ring is 1. The number of anilines is 1. The number of aromatic nitrogens is 1. The van der Waals surface area contributed by atoms with Crippen LogP contribution in [0.4, 0.5) is 5.82 Å². The van der Waals surface area contributed by atoms with Gasteiger partial charge in [-0.05, 0) is 53.1 Å². The highest BCUT2D eigenvalue weighted by molar-refractivity contribution is 6.62. The summed E-state index contributed by atoms with van der Waals surface area (Å²) in [6.45, 7) is 11.4. The molecule has 0 aromatic carbocycles. The topological polar surface area (TPSA) is 77.6 Å². The van der Waals surface area contributed by atoms with E-state index < -0.39 is 23.9 Å². The van der Waals surface area contributed by atoms with E-state index in [0.29, 0.717) is 11.4 Å². The van der Waals surface area contributed by atoms with E-state index in [4.69, 9.17) is 15.0 Å². The first-order valence-corrected chi connectivity index (χ1v) is 6.78. The highest BCUT2D eigenvalue weighted by Gasteiger charge is 2.52. The summed E-state index contributed by atoms with van der Waals surface area (Å²) in [6.07, 6.45) is 1.58. The van der Waals surface area contributed by atoms with Crippen molar-refractivity contribution in [2.75, 3.05) is 5.73 Å². The van der Waals surface area contributed by atoms with Gasteiger partial charge in [-0.1, -0.05) is 0 Å². The Morgan fingerprint density at radius 2 is 1.70 bits per heavy atom. The maximum absolute atomic E-state index is 10.3. The summed E-state index contributed by atoms with van der Waals surface area (Å²) in [6, 6.07) is 1.70. The van der Waals surface area contributed by atoms with Gasteiger partial charge in [-0.2, -0.15) is 0 Å².